The predicted molar refractivity (Wildman–Crippen MR) is 56.7 cm³/mol. The molecule has 0 bridgehead atoms. The quantitative estimate of drug-likeness (QED) is 0.743. The molecule has 13 heavy (non-hydrogen) atoms. The fourth-order valence-corrected chi connectivity index (χ4v) is 2.09. The van der Waals surface area contributed by atoms with Crippen molar-refractivity contribution >= 4 is 48.7 Å². The standard InChI is InChI=1S/C8H2Br2ClNO/c9-5-1-2-6(10)7(8(11)13)4(5)3-12/h1-2H. The lowest BCUT2D eigenvalue weighted by Gasteiger charge is -2.02. The molecule has 0 aromatic heterocycles. The van der Waals surface area contributed by atoms with E-state index in [-0.39, 0.29) is 11.1 Å². The zero-order valence-corrected chi connectivity index (χ0v) is 10.1. The maximum Gasteiger partial charge on any atom is 0.254 e. The third-order valence-electron chi connectivity index (χ3n) is 1.41. The molecule has 0 unspecified atom stereocenters. The van der Waals surface area contributed by atoms with Gasteiger partial charge in [-0.15, -0.1) is 0 Å². The van der Waals surface area contributed by atoms with Crippen LogP contribution in [0.3, 0.4) is 0 Å². The predicted octanol–water partition coefficient (Wildman–Crippen LogP) is 3.46. The van der Waals surface area contributed by atoms with Gasteiger partial charge < -0.3 is 0 Å². The fourth-order valence-electron chi connectivity index (χ4n) is 0.853. The minimum Gasteiger partial charge on any atom is -0.276 e. The summed E-state index contributed by atoms with van der Waals surface area (Å²) in [5.41, 5.74) is 0.438. The Morgan fingerprint density at radius 2 is 1.92 bits per heavy atom. The second kappa shape index (κ2) is 4.23. The highest BCUT2D eigenvalue weighted by Gasteiger charge is 2.15. The molecule has 0 saturated heterocycles. The van der Waals surface area contributed by atoms with Crippen LogP contribution in [-0.2, 0) is 0 Å². The van der Waals surface area contributed by atoms with Crippen LogP contribution in [0.5, 0.6) is 0 Å². The SMILES string of the molecule is N#Cc1c(Br)ccc(Br)c1C(=O)Cl. The lowest BCUT2D eigenvalue weighted by molar-refractivity contribution is 0.108. The van der Waals surface area contributed by atoms with E-state index in [4.69, 9.17) is 16.9 Å². The molecule has 0 aliphatic rings. The Bertz CT molecular complexity index is 411. The average Bonchev–Trinajstić information content (AvgIpc) is 2.07. The summed E-state index contributed by atoms with van der Waals surface area (Å²) in [7, 11) is 0. The Labute approximate surface area is 96.8 Å². The molecule has 0 N–H and O–H groups in total. The van der Waals surface area contributed by atoms with Gasteiger partial charge in [0.15, 0.2) is 0 Å². The number of benzene rings is 1. The van der Waals surface area contributed by atoms with Gasteiger partial charge in [-0.05, 0) is 55.6 Å². The first-order valence-corrected chi connectivity index (χ1v) is 5.12. The van der Waals surface area contributed by atoms with Crippen LogP contribution in [0, 0.1) is 11.3 Å². The van der Waals surface area contributed by atoms with E-state index in [1.807, 2.05) is 6.07 Å². The Balaban J connectivity index is 3.55. The van der Waals surface area contributed by atoms with E-state index in [2.05, 4.69) is 31.9 Å². The van der Waals surface area contributed by atoms with Crippen LogP contribution in [0.2, 0.25) is 0 Å². The van der Waals surface area contributed by atoms with Gasteiger partial charge in [0.25, 0.3) is 5.24 Å². The first-order valence-electron chi connectivity index (χ1n) is 3.16. The molecule has 2 nitrogen and oxygen atoms in total. The van der Waals surface area contributed by atoms with Gasteiger partial charge in [0.2, 0.25) is 0 Å². The summed E-state index contributed by atoms with van der Waals surface area (Å²) in [5, 5.41) is 8.11. The van der Waals surface area contributed by atoms with Gasteiger partial charge in [0.1, 0.15) is 6.07 Å². The molecule has 0 fully saturated rings. The van der Waals surface area contributed by atoms with Crippen LogP contribution in [0.25, 0.3) is 0 Å². The molecule has 0 radical (unpaired) electrons. The zero-order chi connectivity index (χ0) is 10.0. The molecular formula is C8H2Br2ClNO. The van der Waals surface area contributed by atoms with Crippen molar-refractivity contribution in [3.8, 4) is 6.07 Å². The summed E-state index contributed by atoms with van der Waals surface area (Å²) in [6, 6.07) is 5.23. The number of halogens is 3. The van der Waals surface area contributed by atoms with Crippen LogP contribution < -0.4 is 0 Å². The third-order valence-corrected chi connectivity index (χ3v) is 2.92. The van der Waals surface area contributed by atoms with Crippen molar-refractivity contribution in [2.75, 3.05) is 0 Å². The van der Waals surface area contributed by atoms with Gasteiger partial charge in [0, 0.05) is 8.95 Å². The van der Waals surface area contributed by atoms with Gasteiger partial charge >= 0.3 is 0 Å². The molecule has 0 aliphatic heterocycles. The largest absolute Gasteiger partial charge is 0.276 e. The molecule has 0 saturated carbocycles. The summed E-state index contributed by atoms with van der Waals surface area (Å²) >= 11 is 11.6. The van der Waals surface area contributed by atoms with Crippen molar-refractivity contribution in [1.29, 1.82) is 5.26 Å². The highest BCUT2D eigenvalue weighted by atomic mass is 79.9. The number of rotatable bonds is 1. The molecule has 1 aromatic rings. The maximum atomic E-state index is 11.0. The van der Waals surface area contributed by atoms with Crippen LogP contribution in [0.4, 0.5) is 0 Å². The minimum atomic E-state index is -0.648. The van der Waals surface area contributed by atoms with Gasteiger partial charge in [0.05, 0.1) is 11.1 Å². The van der Waals surface area contributed by atoms with E-state index in [0.29, 0.717) is 8.95 Å². The van der Waals surface area contributed by atoms with Crippen LogP contribution in [0.1, 0.15) is 15.9 Å². The second-order valence-corrected chi connectivity index (χ2v) is 4.22. The number of carbonyl (C=O) groups is 1. The number of nitrogens with zero attached hydrogens (tertiary/aromatic N) is 1. The van der Waals surface area contributed by atoms with Gasteiger partial charge in [-0.2, -0.15) is 5.26 Å². The molecule has 0 aliphatic carbocycles. The molecule has 0 spiro atoms. The summed E-state index contributed by atoms with van der Waals surface area (Å²) < 4.78 is 1.08. The van der Waals surface area contributed by atoms with Crippen LogP contribution >= 0.6 is 43.5 Å². The third kappa shape index (κ3) is 2.11. The lowest BCUT2D eigenvalue weighted by Crippen LogP contribution is -1.96. The van der Waals surface area contributed by atoms with Crippen molar-refractivity contribution in [2.45, 2.75) is 0 Å². The molecule has 0 amide bonds. The summed E-state index contributed by atoms with van der Waals surface area (Å²) in [5.74, 6) is 0. The Kier molecular flexibility index (Phi) is 3.48. The summed E-state index contributed by atoms with van der Waals surface area (Å²) in [4.78, 5) is 11.0. The van der Waals surface area contributed by atoms with Crippen LogP contribution in [0.15, 0.2) is 21.1 Å². The van der Waals surface area contributed by atoms with Crippen molar-refractivity contribution in [2.24, 2.45) is 0 Å². The van der Waals surface area contributed by atoms with Gasteiger partial charge in [-0.3, -0.25) is 4.79 Å². The highest BCUT2D eigenvalue weighted by molar-refractivity contribution is 9.11. The number of carbonyl (C=O) groups excluding carboxylic acids is 1. The van der Waals surface area contributed by atoms with Crippen molar-refractivity contribution in [3.05, 3.63) is 32.2 Å². The Morgan fingerprint density at radius 1 is 1.38 bits per heavy atom. The van der Waals surface area contributed by atoms with E-state index in [1.165, 1.54) is 0 Å². The van der Waals surface area contributed by atoms with Crippen molar-refractivity contribution < 1.29 is 4.79 Å². The number of nitriles is 1. The molecule has 66 valence electrons. The fraction of sp³-hybridized carbons (Fsp3) is 0. The lowest BCUT2D eigenvalue weighted by atomic mass is 10.1. The average molecular weight is 323 g/mol. The zero-order valence-electron chi connectivity index (χ0n) is 6.14. The van der Waals surface area contributed by atoms with E-state index < -0.39 is 5.24 Å². The van der Waals surface area contributed by atoms with Crippen molar-refractivity contribution in [3.63, 3.8) is 0 Å². The summed E-state index contributed by atoms with van der Waals surface area (Å²) in [6.45, 7) is 0. The highest BCUT2D eigenvalue weighted by Crippen LogP contribution is 2.28. The first-order chi connectivity index (χ1) is 6.07. The monoisotopic (exact) mass is 321 g/mol. The minimum absolute atomic E-state index is 0.193. The van der Waals surface area contributed by atoms with E-state index in [1.54, 1.807) is 12.1 Å². The Morgan fingerprint density at radius 3 is 2.31 bits per heavy atom. The molecular weight excluding hydrogens is 321 g/mol. The van der Waals surface area contributed by atoms with E-state index in [0.717, 1.165) is 0 Å². The van der Waals surface area contributed by atoms with E-state index in [9.17, 15) is 4.79 Å². The normalized spacial score (nSPS) is 9.38. The molecule has 0 atom stereocenters. The maximum absolute atomic E-state index is 11.0. The van der Waals surface area contributed by atoms with E-state index >= 15 is 0 Å². The number of hydrogen-bond donors (Lipinski definition) is 0. The molecule has 1 aromatic carbocycles. The topological polar surface area (TPSA) is 40.9 Å². The molecule has 5 heteroatoms. The van der Waals surface area contributed by atoms with Gasteiger partial charge in [-0.25, -0.2) is 0 Å². The molecule has 0 heterocycles. The first kappa shape index (κ1) is 10.7. The summed E-state index contributed by atoms with van der Waals surface area (Å²) in [6.07, 6.45) is 0. The van der Waals surface area contributed by atoms with Crippen molar-refractivity contribution in [1.82, 2.24) is 0 Å². The number of hydrogen-bond acceptors (Lipinski definition) is 2. The smallest absolute Gasteiger partial charge is 0.254 e. The van der Waals surface area contributed by atoms with Gasteiger partial charge in [-0.1, -0.05) is 0 Å². The molecule has 1 rings (SSSR count). The Hall–Kier alpha value is -0.370. The van der Waals surface area contributed by atoms with Crippen LogP contribution in [-0.4, -0.2) is 5.24 Å². The second-order valence-electron chi connectivity index (χ2n) is 2.16.